The lowest BCUT2D eigenvalue weighted by atomic mass is 10.1. The summed E-state index contributed by atoms with van der Waals surface area (Å²) in [4.78, 5) is 26.7. The summed E-state index contributed by atoms with van der Waals surface area (Å²) in [7, 11) is 1.57. The molecule has 2 amide bonds. The third-order valence-corrected chi connectivity index (χ3v) is 5.53. The van der Waals surface area contributed by atoms with E-state index >= 15 is 0 Å². The normalized spacial score (nSPS) is 17.3. The quantitative estimate of drug-likeness (QED) is 0.617. The van der Waals surface area contributed by atoms with E-state index in [2.05, 4.69) is 5.32 Å². The molecule has 2 unspecified atom stereocenters. The van der Waals surface area contributed by atoms with Crippen molar-refractivity contribution >= 4 is 11.8 Å². The zero-order valence-corrected chi connectivity index (χ0v) is 17.0. The van der Waals surface area contributed by atoms with Crippen molar-refractivity contribution in [2.75, 3.05) is 7.05 Å². The number of halogens is 2. The van der Waals surface area contributed by atoms with Crippen molar-refractivity contribution in [3.63, 3.8) is 0 Å². The molecule has 4 rings (SSSR count). The lowest BCUT2D eigenvalue weighted by Crippen LogP contribution is -2.31. The fraction of sp³-hybridized carbons (Fsp3) is 0.250. The maximum Gasteiger partial charge on any atom is 0.251 e. The lowest BCUT2D eigenvalue weighted by molar-refractivity contribution is -0.134. The van der Waals surface area contributed by atoms with Crippen molar-refractivity contribution in [2.45, 2.75) is 25.4 Å². The first-order valence-electron chi connectivity index (χ1n) is 10.0. The fourth-order valence-electron chi connectivity index (χ4n) is 3.74. The third-order valence-electron chi connectivity index (χ3n) is 5.53. The van der Waals surface area contributed by atoms with Gasteiger partial charge in [-0.05, 0) is 59.9 Å². The summed E-state index contributed by atoms with van der Waals surface area (Å²) in [5.41, 5.74) is 2.04. The topological polar surface area (TPSA) is 62.6 Å². The van der Waals surface area contributed by atoms with Gasteiger partial charge in [-0.1, -0.05) is 18.2 Å². The van der Waals surface area contributed by atoms with Gasteiger partial charge in [0.05, 0.1) is 12.8 Å². The Morgan fingerprint density at radius 2 is 1.84 bits per heavy atom. The number of rotatable bonds is 7. The van der Waals surface area contributed by atoms with Crippen molar-refractivity contribution in [3.05, 3.63) is 94.9 Å². The van der Waals surface area contributed by atoms with E-state index in [9.17, 15) is 18.4 Å². The Bertz CT molecular complexity index is 1080. The van der Waals surface area contributed by atoms with Gasteiger partial charge in [-0.2, -0.15) is 0 Å². The summed E-state index contributed by atoms with van der Waals surface area (Å²) in [6.45, 7) is 0.637. The Hall–Kier alpha value is -3.48. The smallest absolute Gasteiger partial charge is 0.251 e. The van der Waals surface area contributed by atoms with Gasteiger partial charge in [-0.25, -0.2) is 8.78 Å². The summed E-state index contributed by atoms with van der Waals surface area (Å²) in [5.74, 6) is -1.81. The molecule has 0 spiro atoms. The summed E-state index contributed by atoms with van der Waals surface area (Å²) in [5, 5.41) is 2.57. The van der Waals surface area contributed by atoms with Crippen LogP contribution in [0.3, 0.4) is 0 Å². The number of hydrogen-bond acceptors (Lipinski definition) is 3. The van der Waals surface area contributed by atoms with Gasteiger partial charge in [-0.3, -0.25) is 9.59 Å². The predicted molar refractivity (Wildman–Crippen MR) is 110 cm³/mol. The van der Waals surface area contributed by atoms with E-state index in [1.807, 2.05) is 12.1 Å². The third kappa shape index (κ3) is 4.66. The SMILES string of the molecule is CNC(=O)c1ccc(CN(Cc2ccco2)C(=O)C2CC2c2ccc(F)c(F)c2)cc1. The van der Waals surface area contributed by atoms with E-state index < -0.39 is 11.6 Å². The van der Waals surface area contributed by atoms with E-state index in [0.717, 1.165) is 11.6 Å². The van der Waals surface area contributed by atoms with Crippen LogP contribution in [0.15, 0.2) is 65.3 Å². The van der Waals surface area contributed by atoms with Gasteiger partial charge in [0.25, 0.3) is 5.91 Å². The number of nitrogens with zero attached hydrogens (tertiary/aromatic N) is 1. The average Bonchev–Trinajstić information content (AvgIpc) is 3.42. The van der Waals surface area contributed by atoms with Crippen LogP contribution < -0.4 is 5.32 Å². The van der Waals surface area contributed by atoms with Crippen LogP contribution in [0.4, 0.5) is 8.78 Å². The van der Waals surface area contributed by atoms with Crippen LogP contribution in [0.25, 0.3) is 0 Å². The van der Waals surface area contributed by atoms with Crippen molar-refractivity contribution < 1.29 is 22.8 Å². The standard InChI is InChI=1S/C24H22F2N2O3/c1-27-23(29)16-6-4-15(5-7-16)13-28(14-18-3-2-10-31-18)24(30)20-12-19(20)17-8-9-21(25)22(26)11-17/h2-11,19-20H,12-14H2,1H3,(H,27,29). The molecule has 1 N–H and O–H groups in total. The first kappa shape index (κ1) is 20.8. The van der Waals surface area contributed by atoms with E-state index in [0.29, 0.717) is 36.4 Å². The fourth-order valence-corrected chi connectivity index (χ4v) is 3.74. The van der Waals surface area contributed by atoms with Gasteiger partial charge >= 0.3 is 0 Å². The molecule has 160 valence electrons. The zero-order chi connectivity index (χ0) is 22.0. The average molecular weight is 424 g/mol. The molecule has 2 aromatic carbocycles. The lowest BCUT2D eigenvalue weighted by Gasteiger charge is -2.22. The Morgan fingerprint density at radius 1 is 1.06 bits per heavy atom. The Balaban J connectivity index is 1.50. The molecule has 1 aromatic heterocycles. The van der Waals surface area contributed by atoms with Crippen LogP contribution in [0, 0.1) is 17.6 Å². The zero-order valence-electron chi connectivity index (χ0n) is 17.0. The van der Waals surface area contributed by atoms with E-state index in [1.54, 1.807) is 42.5 Å². The van der Waals surface area contributed by atoms with E-state index in [1.165, 1.54) is 12.1 Å². The van der Waals surface area contributed by atoms with Gasteiger partial charge in [0.1, 0.15) is 5.76 Å². The molecular weight excluding hydrogens is 402 g/mol. The monoisotopic (exact) mass is 424 g/mol. The van der Waals surface area contributed by atoms with Crippen LogP contribution in [-0.2, 0) is 17.9 Å². The molecule has 5 nitrogen and oxygen atoms in total. The van der Waals surface area contributed by atoms with Gasteiger partial charge in [-0.15, -0.1) is 0 Å². The summed E-state index contributed by atoms with van der Waals surface area (Å²) < 4.78 is 32.3. The maximum absolute atomic E-state index is 13.6. The van der Waals surface area contributed by atoms with Crippen LogP contribution in [0.2, 0.25) is 0 Å². The largest absolute Gasteiger partial charge is 0.467 e. The number of amides is 2. The minimum atomic E-state index is -0.903. The Kier molecular flexibility index (Phi) is 5.84. The second-order valence-corrected chi connectivity index (χ2v) is 7.67. The van der Waals surface area contributed by atoms with Crippen LogP contribution in [0.5, 0.6) is 0 Å². The predicted octanol–water partition coefficient (Wildman–Crippen LogP) is 4.25. The molecule has 7 heteroatoms. The van der Waals surface area contributed by atoms with E-state index in [-0.39, 0.29) is 23.7 Å². The Labute approximate surface area is 178 Å². The summed E-state index contributed by atoms with van der Waals surface area (Å²) in [6.07, 6.45) is 2.14. The van der Waals surface area contributed by atoms with Gasteiger partial charge in [0.2, 0.25) is 5.91 Å². The van der Waals surface area contributed by atoms with Gasteiger partial charge in [0, 0.05) is 25.1 Å². The molecule has 1 aliphatic carbocycles. The number of furan rings is 1. The molecule has 31 heavy (non-hydrogen) atoms. The molecule has 1 aliphatic rings. The molecule has 3 aromatic rings. The van der Waals surface area contributed by atoms with Gasteiger partial charge in [0.15, 0.2) is 11.6 Å². The minimum Gasteiger partial charge on any atom is -0.467 e. The molecule has 2 atom stereocenters. The highest BCUT2D eigenvalue weighted by Crippen LogP contribution is 2.49. The highest BCUT2D eigenvalue weighted by Gasteiger charge is 2.46. The second-order valence-electron chi connectivity index (χ2n) is 7.67. The molecule has 0 radical (unpaired) electrons. The maximum atomic E-state index is 13.6. The minimum absolute atomic E-state index is 0.0680. The number of carbonyl (C=O) groups excluding carboxylic acids is 2. The van der Waals surface area contributed by atoms with Crippen molar-refractivity contribution in [1.29, 1.82) is 0 Å². The van der Waals surface area contributed by atoms with Crippen molar-refractivity contribution in [3.8, 4) is 0 Å². The molecule has 0 aliphatic heterocycles. The molecule has 0 saturated heterocycles. The van der Waals surface area contributed by atoms with Crippen molar-refractivity contribution in [2.24, 2.45) is 5.92 Å². The van der Waals surface area contributed by atoms with Crippen LogP contribution in [-0.4, -0.2) is 23.8 Å². The van der Waals surface area contributed by atoms with E-state index in [4.69, 9.17) is 4.42 Å². The number of carbonyl (C=O) groups is 2. The molecule has 1 saturated carbocycles. The summed E-state index contributed by atoms with van der Waals surface area (Å²) >= 11 is 0. The van der Waals surface area contributed by atoms with Gasteiger partial charge < -0.3 is 14.6 Å². The van der Waals surface area contributed by atoms with Crippen LogP contribution >= 0.6 is 0 Å². The second kappa shape index (κ2) is 8.71. The first-order chi connectivity index (χ1) is 15.0. The molecule has 1 fully saturated rings. The van der Waals surface area contributed by atoms with Crippen molar-refractivity contribution in [1.82, 2.24) is 10.2 Å². The molecule has 0 bridgehead atoms. The first-order valence-corrected chi connectivity index (χ1v) is 10.0. The van der Waals surface area contributed by atoms with Crippen LogP contribution in [0.1, 0.15) is 39.6 Å². The summed E-state index contributed by atoms with van der Waals surface area (Å²) in [6, 6.07) is 14.4. The molecular formula is C24H22F2N2O3. The molecule has 1 heterocycles. The number of nitrogens with one attached hydrogen (secondary N) is 1. The highest BCUT2D eigenvalue weighted by atomic mass is 19.2. The highest BCUT2D eigenvalue weighted by molar-refractivity contribution is 5.94. The number of benzene rings is 2. The Morgan fingerprint density at radius 3 is 2.48 bits per heavy atom. The number of hydrogen-bond donors (Lipinski definition) is 1.